The summed E-state index contributed by atoms with van der Waals surface area (Å²) < 4.78 is 13.2. The monoisotopic (exact) mass is 326 g/mol. The van der Waals surface area contributed by atoms with Gasteiger partial charge in [0, 0.05) is 0 Å². The minimum atomic E-state index is -0.279. The van der Waals surface area contributed by atoms with E-state index in [2.05, 4.69) is 47.8 Å². The van der Waals surface area contributed by atoms with Crippen LogP contribution in [0.2, 0.25) is 0 Å². The van der Waals surface area contributed by atoms with E-state index in [4.69, 9.17) is 0 Å². The van der Waals surface area contributed by atoms with E-state index < -0.39 is 0 Å². The quantitative estimate of drug-likeness (QED) is 0.453. The molecule has 0 aliphatic rings. The van der Waals surface area contributed by atoms with E-state index in [0.29, 0.717) is 5.57 Å². The van der Waals surface area contributed by atoms with Crippen LogP contribution in [0.1, 0.15) is 89.0 Å². The fourth-order valence-electron chi connectivity index (χ4n) is 0.944. The lowest BCUT2D eigenvalue weighted by Crippen LogP contribution is -1.86. The van der Waals surface area contributed by atoms with E-state index in [0.717, 1.165) is 22.6 Å². The Labute approximate surface area is 147 Å². The van der Waals surface area contributed by atoms with Gasteiger partial charge >= 0.3 is 0 Å². The molecule has 0 saturated carbocycles. The third kappa shape index (κ3) is 26.1. The minimum Gasteiger partial charge on any atom is -0.207 e. The van der Waals surface area contributed by atoms with E-state index in [9.17, 15) is 4.39 Å². The summed E-state index contributed by atoms with van der Waals surface area (Å²) in [5.74, 6) is 0.606. The fourth-order valence-corrected chi connectivity index (χ4v) is 0.944. The number of hydrogen-bond acceptors (Lipinski definition) is 0. The molecule has 0 aliphatic carbocycles. The average molecular weight is 327 g/mol. The third-order valence-corrected chi connectivity index (χ3v) is 2.49. The van der Waals surface area contributed by atoms with Gasteiger partial charge in [-0.15, -0.1) is 0 Å². The lowest BCUT2D eigenvalue weighted by atomic mass is 10.0. The van der Waals surface area contributed by atoms with Crippen LogP contribution < -0.4 is 0 Å². The summed E-state index contributed by atoms with van der Waals surface area (Å²) in [4.78, 5) is 0. The Hall–Kier alpha value is -1.11. The number of halogens is 1. The van der Waals surface area contributed by atoms with E-state index in [1.54, 1.807) is 6.92 Å². The van der Waals surface area contributed by atoms with Gasteiger partial charge in [0.15, 0.2) is 0 Å². The molecule has 0 aliphatic heterocycles. The van der Waals surface area contributed by atoms with Crippen LogP contribution in [0, 0.1) is 5.92 Å². The van der Waals surface area contributed by atoms with Crippen molar-refractivity contribution in [3.05, 3.63) is 47.4 Å². The Balaban J connectivity index is -0.000000149. The molecule has 0 bridgehead atoms. The van der Waals surface area contributed by atoms with Gasteiger partial charge in [-0.2, -0.15) is 0 Å². The largest absolute Gasteiger partial charge is 0.207 e. The second kappa shape index (κ2) is 20.9. The molecule has 138 valence electrons. The molecule has 23 heavy (non-hydrogen) atoms. The molecule has 0 amide bonds. The molecule has 0 aromatic carbocycles. The molecule has 1 heteroatoms. The molecule has 0 heterocycles. The van der Waals surface area contributed by atoms with Crippen LogP contribution in [-0.4, -0.2) is 0 Å². The van der Waals surface area contributed by atoms with Crippen molar-refractivity contribution < 1.29 is 4.39 Å². The smallest absolute Gasteiger partial charge is 0.126 e. The second-order valence-corrected chi connectivity index (χ2v) is 5.98. The fraction of sp³-hybridized carbons (Fsp3) is 0.636. The van der Waals surface area contributed by atoms with Crippen molar-refractivity contribution in [1.82, 2.24) is 0 Å². The van der Waals surface area contributed by atoms with Crippen LogP contribution >= 0.6 is 0 Å². The second-order valence-electron chi connectivity index (χ2n) is 5.98. The zero-order valence-electron chi connectivity index (χ0n) is 17.9. The summed E-state index contributed by atoms with van der Waals surface area (Å²) in [6.07, 6.45) is 4.04. The standard InChI is InChI=1S/C12H17F.C5H12.C3H8.C2H6/c1-8(2)11(9(3)4)7-12(13)10(5)6;1-4-5(2)3;1-3-2;1-2/h7H,1,5H2,2-4,6H3;5H,4H2,1-3H3;3H2,1-2H3;1-2H3/b12-7+;;;. The highest BCUT2D eigenvalue weighted by Crippen LogP contribution is 2.19. The summed E-state index contributed by atoms with van der Waals surface area (Å²) in [5, 5.41) is 0. The summed E-state index contributed by atoms with van der Waals surface area (Å²) in [5.41, 5.74) is 3.24. The molecular weight excluding hydrogens is 283 g/mol. The first-order valence-electron chi connectivity index (χ1n) is 8.91. The van der Waals surface area contributed by atoms with Gasteiger partial charge in [-0.3, -0.25) is 0 Å². The molecule has 0 atom stereocenters. The van der Waals surface area contributed by atoms with Crippen molar-refractivity contribution in [2.45, 2.75) is 89.0 Å². The average Bonchev–Trinajstić information content (AvgIpc) is 2.47. The highest BCUT2D eigenvalue weighted by atomic mass is 19.1. The molecule has 0 nitrogen and oxygen atoms in total. The Morgan fingerprint density at radius 1 is 0.913 bits per heavy atom. The molecule has 0 N–H and O–H groups in total. The van der Waals surface area contributed by atoms with Crippen molar-refractivity contribution >= 4 is 0 Å². The summed E-state index contributed by atoms with van der Waals surface area (Å²) >= 11 is 0. The van der Waals surface area contributed by atoms with Crippen molar-refractivity contribution in [2.24, 2.45) is 5.92 Å². The van der Waals surface area contributed by atoms with Gasteiger partial charge in [0.25, 0.3) is 0 Å². The van der Waals surface area contributed by atoms with Crippen LogP contribution in [0.15, 0.2) is 47.4 Å². The minimum absolute atomic E-state index is 0.279. The summed E-state index contributed by atoms with van der Waals surface area (Å²) in [7, 11) is 0. The number of hydrogen-bond donors (Lipinski definition) is 0. The SMILES string of the molecule is C=C(C)C(/C=C(/F)C(=C)C)=C(C)C.CC.CCC.CCC(C)C. The zero-order chi connectivity index (χ0) is 19.6. The Bertz CT molecular complexity index is 350. The molecule has 0 saturated heterocycles. The Morgan fingerprint density at radius 3 is 1.35 bits per heavy atom. The Morgan fingerprint density at radius 2 is 1.22 bits per heavy atom. The molecule has 0 rings (SSSR count). The van der Waals surface area contributed by atoms with E-state index in [1.165, 1.54) is 18.9 Å². The summed E-state index contributed by atoms with van der Waals surface area (Å²) in [6, 6.07) is 0. The van der Waals surface area contributed by atoms with Gasteiger partial charge in [-0.1, -0.05) is 85.6 Å². The van der Waals surface area contributed by atoms with Gasteiger partial charge in [-0.05, 0) is 50.8 Å². The van der Waals surface area contributed by atoms with E-state index in [1.807, 2.05) is 34.6 Å². The van der Waals surface area contributed by atoms with Crippen molar-refractivity contribution in [3.63, 3.8) is 0 Å². The van der Waals surface area contributed by atoms with E-state index >= 15 is 0 Å². The maximum Gasteiger partial charge on any atom is 0.126 e. The van der Waals surface area contributed by atoms with Gasteiger partial charge in [-0.25, -0.2) is 4.39 Å². The molecule has 0 aromatic rings. The highest BCUT2D eigenvalue weighted by molar-refractivity contribution is 5.43. The van der Waals surface area contributed by atoms with Crippen LogP contribution in [0.25, 0.3) is 0 Å². The van der Waals surface area contributed by atoms with Gasteiger partial charge in [0.2, 0.25) is 0 Å². The molecule has 0 spiro atoms. The topological polar surface area (TPSA) is 0 Å². The normalized spacial score (nSPS) is 9.35. The van der Waals surface area contributed by atoms with E-state index in [-0.39, 0.29) is 5.83 Å². The zero-order valence-corrected chi connectivity index (χ0v) is 17.9. The number of allylic oxidation sites excluding steroid dienone is 6. The molecule has 0 radical (unpaired) electrons. The first-order chi connectivity index (χ1) is 10.5. The van der Waals surface area contributed by atoms with Crippen molar-refractivity contribution in [3.8, 4) is 0 Å². The van der Waals surface area contributed by atoms with Gasteiger partial charge in [0.1, 0.15) is 5.83 Å². The first kappa shape index (κ1) is 29.8. The highest BCUT2D eigenvalue weighted by Gasteiger charge is 2.01. The van der Waals surface area contributed by atoms with Crippen LogP contribution in [-0.2, 0) is 0 Å². The molecule has 0 unspecified atom stereocenters. The molecular formula is C22H43F. The van der Waals surface area contributed by atoms with Crippen LogP contribution in [0.5, 0.6) is 0 Å². The van der Waals surface area contributed by atoms with Crippen molar-refractivity contribution in [1.29, 1.82) is 0 Å². The number of rotatable bonds is 4. The van der Waals surface area contributed by atoms with Crippen LogP contribution in [0.3, 0.4) is 0 Å². The maximum absolute atomic E-state index is 13.2. The lowest BCUT2D eigenvalue weighted by molar-refractivity contribution is 0.626. The summed E-state index contributed by atoms with van der Waals surface area (Å²) in [6.45, 7) is 29.6. The predicted octanol–water partition coefficient (Wildman–Crippen LogP) is 8.82. The molecule has 0 fully saturated rings. The maximum atomic E-state index is 13.2. The predicted molar refractivity (Wildman–Crippen MR) is 110 cm³/mol. The van der Waals surface area contributed by atoms with Crippen molar-refractivity contribution in [2.75, 3.05) is 0 Å². The molecule has 0 aromatic heterocycles. The van der Waals surface area contributed by atoms with Crippen LogP contribution in [0.4, 0.5) is 4.39 Å². The Kier molecular flexibility index (Phi) is 27.1. The van der Waals surface area contributed by atoms with Gasteiger partial charge < -0.3 is 0 Å². The third-order valence-electron chi connectivity index (χ3n) is 2.49. The lowest BCUT2D eigenvalue weighted by Gasteiger charge is -2.04. The first-order valence-corrected chi connectivity index (χ1v) is 8.91. The van der Waals surface area contributed by atoms with Gasteiger partial charge in [0.05, 0.1) is 0 Å².